The fraction of sp³-hybridized carbons (Fsp3) is 0.565. The van der Waals surface area contributed by atoms with Crippen molar-refractivity contribution >= 4 is 28.9 Å². The summed E-state index contributed by atoms with van der Waals surface area (Å²) in [5, 5.41) is 15.2. The predicted octanol–water partition coefficient (Wildman–Crippen LogP) is 4.14. The highest BCUT2D eigenvalue weighted by Gasteiger charge is 2.59. The third kappa shape index (κ3) is 2.78. The van der Waals surface area contributed by atoms with Crippen molar-refractivity contribution in [2.75, 3.05) is 10.2 Å². The minimum absolute atomic E-state index is 0.0864. The molecule has 2 amide bonds. The zero-order chi connectivity index (χ0) is 21.2. The van der Waals surface area contributed by atoms with E-state index in [0.717, 1.165) is 19.3 Å². The fourth-order valence-corrected chi connectivity index (χ4v) is 6.07. The summed E-state index contributed by atoms with van der Waals surface area (Å²) in [5.74, 6) is 0.167. The molecule has 1 heterocycles. The smallest absolute Gasteiger partial charge is 0.294 e. The van der Waals surface area contributed by atoms with E-state index >= 15 is 0 Å². The van der Waals surface area contributed by atoms with Crippen LogP contribution >= 0.6 is 0 Å². The fourth-order valence-electron chi connectivity index (χ4n) is 6.07. The van der Waals surface area contributed by atoms with Crippen molar-refractivity contribution in [2.45, 2.75) is 45.6 Å². The summed E-state index contributed by atoms with van der Waals surface area (Å²) in [6.07, 6.45) is 8.21. The van der Waals surface area contributed by atoms with Crippen molar-refractivity contribution in [3.63, 3.8) is 0 Å². The van der Waals surface area contributed by atoms with Crippen LogP contribution in [0.1, 0.15) is 39.5 Å². The Bertz CT molecular complexity index is 928. The van der Waals surface area contributed by atoms with E-state index in [1.165, 1.54) is 17.4 Å². The van der Waals surface area contributed by atoms with Gasteiger partial charge in [-0.2, -0.15) is 0 Å². The quantitative estimate of drug-likeness (QED) is 0.349. The van der Waals surface area contributed by atoms with Crippen molar-refractivity contribution in [1.29, 1.82) is 0 Å². The summed E-state index contributed by atoms with van der Waals surface area (Å²) in [4.78, 5) is 38.6. The minimum atomic E-state index is -0.431. The number of nitro benzene ring substituents is 1. The van der Waals surface area contributed by atoms with E-state index in [9.17, 15) is 19.7 Å². The molecule has 0 aromatic heterocycles. The van der Waals surface area contributed by atoms with Crippen molar-refractivity contribution in [2.24, 2.45) is 35.5 Å². The van der Waals surface area contributed by atoms with Crippen LogP contribution < -0.4 is 10.2 Å². The van der Waals surface area contributed by atoms with Gasteiger partial charge in [-0.15, -0.1) is 0 Å². The molecule has 2 bridgehead atoms. The summed E-state index contributed by atoms with van der Waals surface area (Å²) in [6, 6.07) is 4.87. The molecule has 158 valence electrons. The normalized spacial score (nSPS) is 37.0. The van der Waals surface area contributed by atoms with Gasteiger partial charge in [0.2, 0.25) is 11.8 Å². The predicted molar refractivity (Wildman–Crippen MR) is 113 cm³/mol. The Morgan fingerprint density at radius 3 is 2.37 bits per heavy atom. The van der Waals surface area contributed by atoms with Gasteiger partial charge >= 0.3 is 0 Å². The summed E-state index contributed by atoms with van der Waals surface area (Å²) in [7, 11) is 0. The maximum atomic E-state index is 13.0. The molecule has 7 nitrogen and oxygen atoms in total. The Balaban J connectivity index is 1.44. The second-order valence-electron chi connectivity index (χ2n) is 9.49. The number of nitrogens with one attached hydrogen (secondary N) is 1. The van der Waals surface area contributed by atoms with Crippen LogP contribution in [0.15, 0.2) is 30.4 Å². The maximum absolute atomic E-state index is 13.0. The summed E-state index contributed by atoms with van der Waals surface area (Å²) < 4.78 is 0. The first-order valence-corrected chi connectivity index (χ1v) is 11.0. The highest BCUT2D eigenvalue weighted by atomic mass is 16.6. The number of nitrogens with zero attached hydrogens (tertiary/aromatic N) is 2. The molecule has 5 rings (SSSR count). The average Bonchev–Trinajstić information content (AvgIpc) is 3.40. The molecule has 0 unspecified atom stereocenters. The Hall–Kier alpha value is -2.70. The third-order valence-corrected chi connectivity index (χ3v) is 7.95. The summed E-state index contributed by atoms with van der Waals surface area (Å²) in [6.45, 7) is 4.41. The molecule has 7 heteroatoms. The van der Waals surface area contributed by atoms with Gasteiger partial charge in [0, 0.05) is 12.1 Å². The number of imide groups is 1. The number of carbonyl (C=O) groups is 2. The first kappa shape index (κ1) is 19.3. The topological polar surface area (TPSA) is 92.6 Å². The number of carbonyl (C=O) groups excluding carboxylic acids is 2. The highest BCUT2D eigenvalue weighted by Crippen LogP contribution is 2.53. The number of benzene rings is 1. The highest BCUT2D eigenvalue weighted by molar-refractivity contribution is 6.23. The van der Waals surface area contributed by atoms with E-state index in [-0.39, 0.29) is 47.2 Å². The number of allylic oxidation sites excluding steroid dienone is 2. The molecule has 1 N–H and O–H groups in total. The van der Waals surface area contributed by atoms with Gasteiger partial charge in [0.25, 0.3) is 5.69 Å². The lowest BCUT2D eigenvalue weighted by Crippen LogP contribution is -2.35. The molecule has 3 fully saturated rings. The van der Waals surface area contributed by atoms with Gasteiger partial charge in [-0.05, 0) is 48.6 Å². The number of nitro groups is 1. The van der Waals surface area contributed by atoms with Crippen molar-refractivity contribution in [1.82, 2.24) is 0 Å². The first-order valence-electron chi connectivity index (χ1n) is 11.0. The molecule has 0 spiro atoms. The monoisotopic (exact) mass is 409 g/mol. The van der Waals surface area contributed by atoms with E-state index in [4.69, 9.17) is 0 Å². The Kier molecular flexibility index (Phi) is 4.45. The van der Waals surface area contributed by atoms with Crippen molar-refractivity contribution in [3.8, 4) is 0 Å². The van der Waals surface area contributed by atoms with E-state index in [2.05, 4.69) is 19.2 Å². The molecule has 30 heavy (non-hydrogen) atoms. The third-order valence-electron chi connectivity index (χ3n) is 7.95. The zero-order valence-electron chi connectivity index (χ0n) is 17.3. The summed E-state index contributed by atoms with van der Waals surface area (Å²) in [5.41, 5.74) is 0.675. The number of anilines is 2. The number of amides is 2. The molecule has 1 aliphatic heterocycles. The van der Waals surface area contributed by atoms with Crippen LogP contribution in [0.5, 0.6) is 0 Å². The van der Waals surface area contributed by atoms with Crippen molar-refractivity contribution < 1.29 is 14.5 Å². The molecule has 4 aliphatic rings. The van der Waals surface area contributed by atoms with Crippen LogP contribution in [0.2, 0.25) is 0 Å². The van der Waals surface area contributed by atoms with Crippen LogP contribution in [0.25, 0.3) is 0 Å². The zero-order valence-corrected chi connectivity index (χ0v) is 17.3. The molecular weight excluding hydrogens is 382 g/mol. The average molecular weight is 409 g/mol. The Morgan fingerprint density at radius 1 is 1.07 bits per heavy atom. The lowest BCUT2D eigenvalue weighted by molar-refractivity contribution is -0.383. The number of hydrogen-bond acceptors (Lipinski definition) is 5. The van der Waals surface area contributed by atoms with Crippen molar-refractivity contribution in [3.05, 3.63) is 40.5 Å². The molecule has 3 aliphatic carbocycles. The molecule has 1 aromatic carbocycles. The minimum Gasteiger partial charge on any atom is -0.376 e. The molecular formula is C23H27N3O4. The van der Waals surface area contributed by atoms with Crippen LogP contribution in [-0.4, -0.2) is 22.8 Å². The molecule has 7 atom stereocenters. The lowest BCUT2D eigenvalue weighted by Gasteiger charge is -2.35. The Labute approximate surface area is 175 Å². The van der Waals surface area contributed by atoms with Gasteiger partial charge in [-0.3, -0.25) is 19.7 Å². The van der Waals surface area contributed by atoms with E-state index in [1.807, 2.05) is 12.2 Å². The number of rotatable bonds is 4. The number of hydrogen-bond donors (Lipinski definition) is 1. The summed E-state index contributed by atoms with van der Waals surface area (Å²) >= 11 is 0. The molecule has 0 radical (unpaired) electrons. The van der Waals surface area contributed by atoms with E-state index in [1.54, 1.807) is 12.1 Å². The van der Waals surface area contributed by atoms with Gasteiger partial charge in [0.05, 0.1) is 22.4 Å². The van der Waals surface area contributed by atoms with Crippen LogP contribution in [0.4, 0.5) is 17.1 Å². The molecule has 1 aromatic rings. The maximum Gasteiger partial charge on any atom is 0.294 e. The standard InChI is InChI=1S/C23H27N3O4/c1-12-4-3-5-17(13(12)2)24-18-9-8-16(11-19(18)26(29)30)25-22(27)20-14-6-7-15(10-14)21(20)23(25)28/h6-9,11-15,17,20-21,24H,3-5,10H2,1-2H3/t12-,13-,14+,15+,17+,20-,21+/m1/s1. The van der Waals surface area contributed by atoms with Gasteiger partial charge in [-0.1, -0.05) is 38.8 Å². The van der Waals surface area contributed by atoms with Crippen LogP contribution in [0, 0.1) is 45.6 Å². The van der Waals surface area contributed by atoms with E-state index < -0.39 is 4.92 Å². The number of fused-ring (bicyclic) bond motifs is 5. The molecule has 1 saturated heterocycles. The second-order valence-corrected chi connectivity index (χ2v) is 9.49. The van der Waals surface area contributed by atoms with Gasteiger partial charge in [0.1, 0.15) is 5.69 Å². The van der Waals surface area contributed by atoms with Gasteiger partial charge < -0.3 is 5.32 Å². The second kappa shape index (κ2) is 6.93. The van der Waals surface area contributed by atoms with Gasteiger partial charge in [0.15, 0.2) is 0 Å². The largest absolute Gasteiger partial charge is 0.376 e. The molecule has 2 saturated carbocycles. The Morgan fingerprint density at radius 2 is 1.73 bits per heavy atom. The van der Waals surface area contributed by atoms with E-state index in [0.29, 0.717) is 23.2 Å². The SMILES string of the molecule is C[C@@H]1[C@H](C)CCC[C@@H]1Nc1ccc(N2C(=O)[C@@H]3[C@H](C2=O)[C@H]2C=C[C@H]3C2)cc1[N+](=O)[O-]. The van der Waals surface area contributed by atoms with Crippen LogP contribution in [-0.2, 0) is 9.59 Å². The van der Waals surface area contributed by atoms with Gasteiger partial charge in [-0.25, -0.2) is 4.90 Å². The van der Waals surface area contributed by atoms with Crippen LogP contribution in [0.3, 0.4) is 0 Å². The first-order chi connectivity index (χ1) is 14.4. The lowest BCUT2D eigenvalue weighted by atomic mass is 9.78.